The number of nitrogens with zero attached hydrogens (tertiary/aromatic N) is 1. The zero-order chi connectivity index (χ0) is 9.90. The Morgan fingerprint density at radius 3 is 2.85 bits per heavy atom. The molecule has 1 aliphatic rings. The molecular formula is C9H17NO2S. The molecule has 1 rings (SSSR count). The zero-order valence-electron chi connectivity index (χ0n) is 8.07. The fourth-order valence-electron chi connectivity index (χ4n) is 1.60. The molecule has 1 atom stereocenters. The standard InChI is InChI=1S/C9H17NO2S/c1-3-9-6-5-7-10(8-9)13(11,12)4-2/h3,9H,1,4-8H2,2H3/t9-/m0/s1. The molecule has 1 aliphatic heterocycles. The number of hydrogen-bond acceptors (Lipinski definition) is 2. The van der Waals surface area contributed by atoms with Gasteiger partial charge in [-0.2, -0.15) is 0 Å². The van der Waals surface area contributed by atoms with E-state index in [-0.39, 0.29) is 5.75 Å². The molecule has 0 aromatic rings. The molecular weight excluding hydrogens is 186 g/mol. The Labute approximate surface area is 80.5 Å². The van der Waals surface area contributed by atoms with E-state index >= 15 is 0 Å². The SMILES string of the molecule is C=C[C@H]1CCCN(S(=O)(=O)CC)C1. The van der Waals surface area contributed by atoms with Crippen molar-refractivity contribution in [3.05, 3.63) is 12.7 Å². The summed E-state index contributed by atoms with van der Waals surface area (Å²) < 4.78 is 24.6. The molecule has 1 fully saturated rings. The predicted molar refractivity (Wildman–Crippen MR) is 54.0 cm³/mol. The molecule has 0 amide bonds. The van der Waals surface area contributed by atoms with Crippen molar-refractivity contribution in [1.29, 1.82) is 0 Å². The molecule has 0 saturated carbocycles. The van der Waals surface area contributed by atoms with Crippen LogP contribution in [0.1, 0.15) is 19.8 Å². The maximum Gasteiger partial charge on any atom is 0.213 e. The molecule has 0 bridgehead atoms. The lowest BCUT2D eigenvalue weighted by molar-refractivity contribution is 0.301. The lowest BCUT2D eigenvalue weighted by atomic mass is 10.0. The van der Waals surface area contributed by atoms with Crippen LogP contribution in [0.2, 0.25) is 0 Å². The van der Waals surface area contributed by atoms with Crippen molar-refractivity contribution in [2.75, 3.05) is 18.8 Å². The Bertz CT molecular complexity index is 271. The van der Waals surface area contributed by atoms with Gasteiger partial charge in [-0.25, -0.2) is 12.7 Å². The topological polar surface area (TPSA) is 37.4 Å². The van der Waals surface area contributed by atoms with Crippen molar-refractivity contribution in [1.82, 2.24) is 4.31 Å². The summed E-state index contributed by atoms with van der Waals surface area (Å²) in [4.78, 5) is 0. The normalized spacial score (nSPS) is 25.8. The van der Waals surface area contributed by atoms with Gasteiger partial charge in [-0.3, -0.25) is 0 Å². The monoisotopic (exact) mass is 203 g/mol. The predicted octanol–water partition coefficient (Wildman–Crippen LogP) is 1.23. The smallest absolute Gasteiger partial charge is 0.212 e. The Hall–Kier alpha value is -0.350. The van der Waals surface area contributed by atoms with Crippen LogP contribution in [0.15, 0.2) is 12.7 Å². The van der Waals surface area contributed by atoms with Gasteiger partial charge >= 0.3 is 0 Å². The molecule has 0 aliphatic carbocycles. The third-order valence-corrected chi connectivity index (χ3v) is 4.36. The van der Waals surface area contributed by atoms with Crippen molar-refractivity contribution in [2.45, 2.75) is 19.8 Å². The van der Waals surface area contributed by atoms with Gasteiger partial charge < -0.3 is 0 Å². The maximum atomic E-state index is 11.5. The van der Waals surface area contributed by atoms with Crippen LogP contribution in [-0.4, -0.2) is 31.6 Å². The van der Waals surface area contributed by atoms with Crippen LogP contribution in [0.25, 0.3) is 0 Å². The summed E-state index contributed by atoms with van der Waals surface area (Å²) in [5.74, 6) is 0.548. The molecule has 0 unspecified atom stereocenters. The molecule has 0 N–H and O–H groups in total. The second-order valence-electron chi connectivity index (χ2n) is 3.40. The lowest BCUT2D eigenvalue weighted by Gasteiger charge is -2.29. The first-order chi connectivity index (χ1) is 6.10. The Balaban J connectivity index is 2.66. The van der Waals surface area contributed by atoms with E-state index in [1.165, 1.54) is 0 Å². The van der Waals surface area contributed by atoms with Crippen LogP contribution in [0.3, 0.4) is 0 Å². The van der Waals surface area contributed by atoms with E-state index in [9.17, 15) is 8.42 Å². The minimum atomic E-state index is -2.98. The third-order valence-electron chi connectivity index (χ3n) is 2.51. The average Bonchev–Trinajstić information content (AvgIpc) is 2.18. The van der Waals surface area contributed by atoms with Crippen molar-refractivity contribution >= 4 is 10.0 Å². The fourth-order valence-corrected chi connectivity index (χ4v) is 2.79. The van der Waals surface area contributed by atoms with E-state index in [2.05, 4.69) is 6.58 Å². The highest BCUT2D eigenvalue weighted by Crippen LogP contribution is 2.19. The summed E-state index contributed by atoms with van der Waals surface area (Å²) in [5, 5.41) is 0. The summed E-state index contributed by atoms with van der Waals surface area (Å²) >= 11 is 0. The van der Waals surface area contributed by atoms with Gasteiger partial charge in [0.25, 0.3) is 0 Å². The van der Waals surface area contributed by atoms with Crippen LogP contribution in [0.4, 0.5) is 0 Å². The molecule has 3 nitrogen and oxygen atoms in total. The van der Waals surface area contributed by atoms with Crippen LogP contribution in [0.5, 0.6) is 0 Å². The highest BCUT2D eigenvalue weighted by Gasteiger charge is 2.25. The molecule has 0 radical (unpaired) electrons. The van der Waals surface area contributed by atoms with E-state index in [0.717, 1.165) is 12.8 Å². The molecule has 0 aromatic carbocycles. The van der Waals surface area contributed by atoms with E-state index in [1.54, 1.807) is 11.2 Å². The molecule has 1 saturated heterocycles. The van der Waals surface area contributed by atoms with Crippen molar-refractivity contribution < 1.29 is 8.42 Å². The number of hydrogen-bond donors (Lipinski definition) is 0. The van der Waals surface area contributed by atoms with Gasteiger partial charge in [-0.15, -0.1) is 6.58 Å². The van der Waals surface area contributed by atoms with Gasteiger partial charge in [-0.05, 0) is 25.7 Å². The fraction of sp³-hybridized carbons (Fsp3) is 0.778. The minimum Gasteiger partial charge on any atom is -0.212 e. The summed E-state index contributed by atoms with van der Waals surface area (Å²) in [6.45, 7) is 6.70. The molecule has 4 heteroatoms. The van der Waals surface area contributed by atoms with Gasteiger partial charge in [0.05, 0.1) is 5.75 Å². The average molecular weight is 203 g/mol. The summed E-state index contributed by atoms with van der Waals surface area (Å²) in [7, 11) is -2.98. The molecule has 0 aromatic heterocycles. The third kappa shape index (κ3) is 2.54. The molecule has 1 heterocycles. The first-order valence-corrected chi connectivity index (χ1v) is 6.31. The number of rotatable bonds is 3. The molecule has 76 valence electrons. The second-order valence-corrected chi connectivity index (χ2v) is 5.65. The first-order valence-electron chi connectivity index (χ1n) is 4.70. The van der Waals surface area contributed by atoms with Gasteiger partial charge in [0.15, 0.2) is 0 Å². The van der Waals surface area contributed by atoms with Crippen LogP contribution in [0, 0.1) is 5.92 Å². The van der Waals surface area contributed by atoms with Gasteiger partial charge in [0, 0.05) is 13.1 Å². The van der Waals surface area contributed by atoms with Gasteiger partial charge in [0.1, 0.15) is 0 Å². The van der Waals surface area contributed by atoms with E-state index in [4.69, 9.17) is 0 Å². The van der Waals surface area contributed by atoms with Gasteiger partial charge in [-0.1, -0.05) is 6.08 Å². The van der Waals surface area contributed by atoms with Crippen LogP contribution >= 0.6 is 0 Å². The Morgan fingerprint density at radius 1 is 1.62 bits per heavy atom. The summed E-state index contributed by atoms with van der Waals surface area (Å²) in [5.41, 5.74) is 0. The summed E-state index contributed by atoms with van der Waals surface area (Å²) in [6.07, 6.45) is 3.88. The van der Waals surface area contributed by atoms with E-state index < -0.39 is 10.0 Å². The van der Waals surface area contributed by atoms with Crippen molar-refractivity contribution in [3.63, 3.8) is 0 Å². The van der Waals surface area contributed by atoms with Crippen LogP contribution in [-0.2, 0) is 10.0 Å². The lowest BCUT2D eigenvalue weighted by Crippen LogP contribution is -2.40. The van der Waals surface area contributed by atoms with E-state index in [0.29, 0.717) is 19.0 Å². The quantitative estimate of drug-likeness (QED) is 0.647. The minimum absolute atomic E-state index is 0.205. The molecule has 0 spiro atoms. The second kappa shape index (κ2) is 4.24. The summed E-state index contributed by atoms with van der Waals surface area (Å²) in [6, 6.07) is 0. The number of sulfonamides is 1. The van der Waals surface area contributed by atoms with Crippen molar-refractivity contribution in [2.24, 2.45) is 5.92 Å². The van der Waals surface area contributed by atoms with Crippen molar-refractivity contribution in [3.8, 4) is 0 Å². The maximum absolute atomic E-state index is 11.5. The van der Waals surface area contributed by atoms with E-state index in [1.807, 2.05) is 6.08 Å². The highest BCUT2D eigenvalue weighted by atomic mass is 32.2. The first kappa shape index (κ1) is 10.7. The largest absolute Gasteiger partial charge is 0.213 e. The Morgan fingerprint density at radius 2 is 2.31 bits per heavy atom. The zero-order valence-corrected chi connectivity index (χ0v) is 8.89. The Kier molecular flexibility index (Phi) is 3.50. The highest BCUT2D eigenvalue weighted by molar-refractivity contribution is 7.89. The van der Waals surface area contributed by atoms with Crippen LogP contribution < -0.4 is 0 Å². The number of piperidine rings is 1. The molecule has 13 heavy (non-hydrogen) atoms. The van der Waals surface area contributed by atoms with Gasteiger partial charge in [0.2, 0.25) is 10.0 Å².